The smallest absolute Gasteiger partial charge is 0.422 e. The minimum atomic E-state index is -1.67. The van der Waals surface area contributed by atoms with Crippen molar-refractivity contribution in [2.75, 3.05) is 0 Å². The molecule has 3 N–H and O–H groups in total. The maximum absolute atomic E-state index is 11.1. The number of hydrogen-bond donors (Lipinski definition) is 3. The molecule has 16 heavy (non-hydrogen) atoms. The Balaban J connectivity index is 2.60. The van der Waals surface area contributed by atoms with E-state index >= 15 is 0 Å². The van der Waals surface area contributed by atoms with E-state index in [2.05, 4.69) is 9.97 Å². The number of rotatable bonds is 2. The third kappa shape index (κ3) is 2.02. The van der Waals surface area contributed by atoms with Crippen LogP contribution in [0.4, 0.5) is 0 Å². The van der Waals surface area contributed by atoms with Crippen molar-refractivity contribution in [1.82, 2.24) is 9.97 Å². The molecule has 2 rings (SSSR count). The van der Waals surface area contributed by atoms with Crippen LogP contribution in [-0.2, 0) is 0 Å². The summed E-state index contributed by atoms with van der Waals surface area (Å²) in [5.74, 6) is 0. The normalized spacial score (nSPS) is 10.1. The number of aromatic amines is 1. The van der Waals surface area contributed by atoms with Crippen molar-refractivity contribution in [3.63, 3.8) is 0 Å². The van der Waals surface area contributed by atoms with E-state index in [1.54, 1.807) is 24.3 Å². The summed E-state index contributed by atoms with van der Waals surface area (Å²) in [5, 5.41) is 18.3. The number of nitrogens with one attached hydrogen (secondary N) is 1. The number of H-pyrrole nitrogens is 1. The maximum atomic E-state index is 11.1. The first-order chi connectivity index (χ1) is 7.68. The molecular weight excluding hydrogens is 207 g/mol. The molecule has 0 bridgehead atoms. The Morgan fingerprint density at radius 1 is 1.19 bits per heavy atom. The number of aromatic nitrogens is 2. The largest absolute Gasteiger partial charge is 0.508 e. The molecule has 0 spiro atoms. The first kappa shape index (κ1) is 10.6. The van der Waals surface area contributed by atoms with Gasteiger partial charge in [0, 0.05) is 23.5 Å². The first-order valence-electron chi connectivity index (χ1n) is 4.69. The van der Waals surface area contributed by atoms with Gasteiger partial charge in [0.1, 0.15) is 0 Å². The lowest BCUT2D eigenvalue weighted by Crippen LogP contribution is -2.34. The summed E-state index contributed by atoms with van der Waals surface area (Å²) < 4.78 is 0. The van der Waals surface area contributed by atoms with Crippen molar-refractivity contribution >= 4 is 12.7 Å². The summed E-state index contributed by atoms with van der Waals surface area (Å²) in [6.07, 6.45) is 1.46. The average molecular weight is 216 g/mol. The van der Waals surface area contributed by atoms with Crippen molar-refractivity contribution in [3.05, 3.63) is 46.9 Å². The third-order valence-electron chi connectivity index (χ3n) is 2.14. The minimum absolute atomic E-state index is 0.115. The summed E-state index contributed by atoms with van der Waals surface area (Å²) in [5.41, 5.74) is 0.864. The maximum Gasteiger partial charge on any atom is 0.508 e. The van der Waals surface area contributed by atoms with Crippen LogP contribution in [0, 0.1) is 0 Å². The molecule has 0 aliphatic heterocycles. The minimum Gasteiger partial charge on any atom is -0.422 e. The molecule has 0 fully saturated rings. The van der Waals surface area contributed by atoms with E-state index in [1.807, 2.05) is 0 Å². The van der Waals surface area contributed by atoms with Crippen LogP contribution in [0.2, 0.25) is 0 Å². The van der Waals surface area contributed by atoms with E-state index in [-0.39, 0.29) is 11.2 Å². The zero-order chi connectivity index (χ0) is 11.5. The van der Waals surface area contributed by atoms with Crippen molar-refractivity contribution in [3.8, 4) is 11.3 Å². The van der Waals surface area contributed by atoms with Gasteiger partial charge in [-0.25, -0.2) is 0 Å². The lowest BCUT2D eigenvalue weighted by Gasteiger charge is -2.06. The standard InChI is InChI=1S/C10H9BN2O3/c14-9-5-1-4-8(13-9)7-3-2-6-12-10(7)11(15)16/h1-6,15-16H,(H,13,14). The van der Waals surface area contributed by atoms with E-state index in [1.165, 1.54) is 12.3 Å². The molecule has 0 aliphatic rings. The number of hydrogen-bond acceptors (Lipinski definition) is 4. The predicted molar refractivity (Wildman–Crippen MR) is 60.1 cm³/mol. The molecule has 0 radical (unpaired) electrons. The second kappa shape index (κ2) is 4.30. The highest BCUT2D eigenvalue weighted by Gasteiger charge is 2.18. The van der Waals surface area contributed by atoms with Gasteiger partial charge in [0.05, 0.1) is 5.59 Å². The van der Waals surface area contributed by atoms with Crippen LogP contribution in [0.15, 0.2) is 41.3 Å². The van der Waals surface area contributed by atoms with Crippen LogP contribution < -0.4 is 11.2 Å². The molecule has 0 aliphatic carbocycles. The summed E-state index contributed by atoms with van der Waals surface area (Å²) in [4.78, 5) is 17.6. The molecule has 0 unspecified atom stereocenters. The monoisotopic (exact) mass is 216 g/mol. The van der Waals surface area contributed by atoms with Gasteiger partial charge in [-0.15, -0.1) is 0 Å². The second-order valence-electron chi connectivity index (χ2n) is 3.24. The van der Waals surface area contributed by atoms with Crippen molar-refractivity contribution in [1.29, 1.82) is 0 Å². The van der Waals surface area contributed by atoms with Gasteiger partial charge >= 0.3 is 7.12 Å². The first-order valence-corrected chi connectivity index (χ1v) is 4.69. The van der Waals surface area contributed by atoms with Crippen LogP contribution in [-0.4, -0.2) is 27.1 Å². The Kier molecular flexibility index (Phi) is 2.85. The quantitative estimate of drug-likeness (QED) is 0.568. The Labute approximate surface area is 91.6 Å². The Bertz CT molecular complexity index is 554. The van der Waals surface area contributed by atoms with Crippen molar-refractivity contribution in [2.24, 2.45) is 0 Å². The fourth-order valence-corrected chi connectivity index (χ4v) is 1.46. The number of pyridine rings is 2. The second-order valence-corrected chi connectivity index (χ2v) is 3.24. The molecule has 0 saturated heterocycles. The van der Waals surface area contributed by atoms with E-state index in [9.17, 15) is 4.79 Å². The Morgan fingerprint density at radius 2 is 2.00 bits per heavy atom. The lowest BCUT2D eigenvalue weighted by atomic mass is 9.81. The number of nitrogens with zero attached hydrogens (tertiary/aromatic N) is 1. The third-order valence-corrected chi connectivity index (χ3v) is 2.14. The summed E-state index contributed by atoms with van der Waals surface area (Å²) in [6.45, 7) is 0. The molecule has 0 amide bonds. The highest BCUT2D eigenvalue weighted by atomic mass is 16.4. The van der Waals surface area contributed by atoms with E-state index in [0.717, 1.165) is 0 Å². The lowest BCUT2D eigenvalue weighted by molar-refractivity contribution is 0.424. The highest BCUT2D eigenvalue weighted by molar-refractivity contribution is 6.59. The summed E-state index contributed by atoms with van der Waals surface area (Å²) >= 11 is 0. The molecule has 2 aromatic heterocycles. The van der Waals surface area contributed by atoms with E-state index in [4.69, 9.17) is 10.0 Å². The molecule has 0 saturated carbocycles. The van der Waals surface area contributed by atoms with E-state index in [0.29, 0.717) is 11.3 Å². The van der Waals surface area contributed by atoms with Gasteiger partial charge in [-0.05, 0) is 12.1 Å². The molecule has 0 aromatic carbocycles. The fraction of sp³-hybridized carbons (Fsp3) is 0. The molecular formula is C10H9BN2O3. The highest BCUT2D eigenvalue weighted by Crippen LogP contribution is 2.11. The van der Waals surface area contributed by atoms with Crippen LogP contribution >= 0.6 is 0 Å². The topological polar surface area (TPSA) is 86.2 Å². The van der Waals surface area contributed by atoms with Crippen molar-refractivity contribution < 1.29 is 10.0 Å². The molecule has 2 heterocycles. The van der Waals surface area contributed by atoms with Crippen LogP contribution in [0.25, 0.3) is 11.3 Å². The van der Waals surface area contributed by atoms with Gasteiger partial charge in [0.2, 0.25) is 5.56 Å². The average Bonchev–Trinajstić information content (AvgIpc) is 2.29. The van der Waals surface area contributed by atoms with Gasteiger partial charge in [0.15, 0.2) is 0 Å². The SMILES string of the molecule is O=c1cccc(-c2cccnc2B(O)O)[nH]1. The fourth-order valence-electron chi connectivity index (χ4n) is 1.46. The van der Waals surface area contributed by atoms with Gasteiger partial charge in [-0.3, -0.25) is 9.78 Å². The van der Waals surface area contributed by atoms with Gasteiger partial charge in [-0.1, -0.05) is 12.1 Å². The van der Waals surface area contributed by atoms with Crippen LogP contribution in [0.3, 0.4) is 0 Å². The molecule has 80 valence electrons. The summed E-state index contributed by atoms with van der Waals surface area (Å²) in [6, 6.07) is 7.97. The van der Waals surface area contributed by atoms with Crippen molar-refractivity contribution in [2.45, 2.75) is 0 Å². The van der Waals surface area contributed by atoms with Crippen LogP contribution in [0.5, 0.6) is 0 Å². The Hall–Kier alpha value is -1.92. The van der Waals surface area contributed by atoms with Crippen LogP contribution in [0.1, 0.15) is 0 Å². The summed E-state index contributed by atoms with van der Waals surface area (Å²) in [7, 11) is -1.67. The molecule has 0 atom stereocenters. The zero-order valence-electron chi connectivity index (χ0n) is 8.29. The van der Waals surface area contributed by atoms with Gasteiger partial charge < -0.3 is 15.0 Å². The van der Waals surface area contributed by atoms with Gasteiger partial charge in [-0.2, -0.15) is 0 Å². The Morgan fingerprint density at radius 3 is 2.69 bits per heavy atom. The van der Waals surface area contributed by atoms with Gasteiger partial charge in [0.25, 0.3) is 0 Å². The molecule has 2 aromatic rings. The van der Waals surface area contributed by atoms with E-state index < -0.39 is 7.12 Å². The predicted octanol–water partition coefficient (Wildman–Crippen LogP) is -0.883. The molecule has 5 nitrogen and oxygen atoms in total. The molecule has 6 heteroatoms. The zero-order valence-corrected chi connectivity index (χ0v) is 8.29.